The second-order valence-corrected chi connectivity index (χ2v) is 8.45. The Morgan fingerprint density at radius 2 is 1.96 bits per heavy atom. The van der Waals surface area contributed by atoms with Gasteiger partial charge >= 0.3 is 0 Å². The third-order valence-electron chi connectivity index (χ3n) is 4.06. The Kier molecular flexibility index (Phi) is 6.32. The van der Waals surface area contributed by atoms with Crippen LogP contribution in [0.15, 0.2) is 18.2 Å². The molecule has 9 nitrogen and oxygen atoms in total. The third kappa shape index (κ3) is 4.99. The average Bonchev–Trinajstić information content (AvgIpc) is 2.53. The van der Waals surface area contributed by atoms with Crippen LogP contribution in [0.4, 0.5) is 11.4 Å². The minimum absolute atomic E-state index is 0.0166. The highest BCUT2D eigenvalue weighted by atomic mass is 32.2. The number of benzene rings is 1. The van der Waals surface area contributed by atoms with E-state index in [1.54, 1.807) is 0 Å². The number of nitro benzene ring substituents is 1. The Morgan fingerprint density at radius 1 is 1.35 bits per heavy atom. The summed E-state index contributed by atoms with van der Waals surface area (Å²) < 4.78 is 31.9. The first-order valence-electron chi connectivity index (χ1n) is 8.26. The molecule has 26 heavy (non-hydrogen) atoms. The van der Waals surface area contributed by atoms with E-state index in [-0.39, 0.29) is 47.2 Å². The van der Waals surface area contributed by atoms with Gasteiger partial charge in [-0.15, -0.1) is 0 Å². The van der Waals surface area contributed by atoms with Crippen molar-refractivity contribution in [3.05, 3.63) is 33.9 Å². The molecule has 1 aliphatic rings. The number of anilines is 1. The molecule has 0 aromatic heterocycles. The van der Waals surface area contributed by atoms with Crippen molar-refractivity contribution in [3.63, 3.8) is 0 Å². The standard InChI is InChI=1S/C16H23N3O6S/c1-11-9-18(10-12(2)25-11)26(23,24)7-6-17-15-5-4-14(13(3)20)8-16(15)19(21)22/h4-5,8,11-12,17H,6-7,9-10H2,1-3H3. The van der Waals surface area contributed by atoms with E-state index < -0.39 is 14.9 Å². The molecule has 1 saturated heterocycles. The number of rotatable bonds is 7. The molecule has 0 bridgehead atoms. The normalized spacial score (nSPS) is 21.3. The number of Topliss-reactive ketones (excluding diaryl/α,β-unsaturated/α-hetero) is 1. The average molecular weight is 385 g/mol. The summed E-state index contributed by atoms with van der Waals surface area (Å²) in [5, 5.41) is 14.0. The molecule has 1 N–H and O–H groups in total. The summed E-state index contributed by atoms with van der Waals surface area (Å²) in [7, 11) is -3.51. The van der Waals surface area contributed by atoms with Crippen molar-refractivity contribution >= 4 is 27.2 Å². The van der Waals surface area contributed by atoms with Crippen LogP contribution in [0.3, 0.4) is 0 Å². The fraction of sp³-hybridized carbons (Fsp3) is 0.562. The van der Waals surface area contributed by atoms with Gasteiger partial charge in [-0.3, -0.25) is 14.9 Å². The number of sulfonamides is 1. The molecule has 1 aromatic carbocycles. The highest BCUT2D eigenvalue weighted by molar-refractivity contribution is 7.89. The first-order chi connectivity index (χ1) is 12.1. The Hall–Kier alpha value is -2.04. The molecule has 0 saturated carbocycles. The quantitative estimate of drug-likeness (QED) is 0.430. The van der Waals surface area contributed by atoms with Gasteiger partial charge in [0.2, 0.25) is 10.0 Å². The molecular weight excluding hydrogens is 362 g/mol. The van der Waals surface area contributed by atoms with Crippen molar-refractivity contribution in [1.82, 2.24) is 4.31 Å². The van der Waals surface area contributed by atoms with Crippen molar-refractivity contribution in [2.75, 3.05) is 30.7 Å². The van der Waals surface area contributed by atoms with E-state index in [4.69, 9.17) is 4.74 Å². The van der Waals surface area contributed by atoms with Gasteiger partial charge in [0.15, 0.2) is 5.78 Å². The van der Waals surface area contributed by atoms with Crippen LogP contribution >= 0.6 is 0 Å². The lowest BCUT2D eigenvalue weighted by Gasteiger charge is -2.34. The molecule has 1 fully saturated rings. The second-order valence-electron chi connectivity index (χ2n) is 6.36. The van der Waals surface area contributed by atoms with Crippen LogP contribution in [0.5, 0.6) is 0 Å². The van der Waals surface area contributed by atoms with E-state index in [1.807, 2.05) is 13.8 Å². The Morgan fingerprint density at radius 3 is 2.50 bits per heavy atom. The number of nitrogens with zero attached hydrogens (tertiary/aromatic N) is 2. The lowest BCUT2D eigenvalue weighted by molar-refractivity contribution is -0.384. The molecule has 10 heteroatoms. The maximum Gasteiger partial charge on any atom is 0.293 e. The van der Waals surface area contributed by atoms with Gasteiger partial charge in [-0.2, -0.15) is 4.31 Å². The molecule has 1 aliphatic heterocycles. The van der Waals surface area contributed by atoms with Gasteiger partial charge in [0, 0.05) is 31.3 Å². The van der Waals surface area contributed by atoms with Crippen molar-refractivity contribution < 1.29 is 22.9 Å². The predicted molar refractivity (Wildman–Crippen MR) is 97.0 cm³/mol. The first kappa shape index (κ1) is 20.3. The molecule has 1 aromatic rings. The Labute approximate surface area is 152 Å². The molecule has 0 aliphatic carbocycles. The summed E-state index contributed by atoms with van der Waals surface area (Å²) in [6.07, 6.45) is -0.358. The van der Waals surface area contributed by atoms with E-state index in [0.717, 1.165) is 0 Å². The zero-order valence-corrected chi connectivity index (χ0v) is 15.8. The number of hydrogen-bond donors (Lipinski definition) is 1. The molecule has 2 unspecified atom stereocenters. The molecule has 0 amide bonds. The molecule has 144 valence electrons. The topological polar surface area (TPSA) is 119 Å². The zero-order chi connectivity index (χ0) is 19.5. The maximum absolute atomic E-state index is 12.5. The highest BCUT2D eigenvalue weighted by Gasteiger charge is 2.30. The molecule has 1 heterocycles. The van der Waals surface area contributed by atoms with Crippen molar-refractivity contribution in [3.8, 4) is 0 Å². The van der Waals surface area contributed by atoms with Crippen LogP contribution < -0.4 is 5.32 Å². The van der Waals surface area contributed by atoms with Gasteiger partial charge < -0.3 is 10.1 Å². The van der Waals surface area contributed by atoms with E-state index in [0.29, 0.717) is 13.1 Å². The van der Waals surface area contributed by atoms with E-state index in [9.17, 15) is 23.3 Å². The number of nitrogens with one attached hydrogen (secondary N) is 1. The third-order valence-corrected chi connectivity index (χ3v) is 5.86. The largest absolute Gasteiger partial charge is 0.378 e. The summed E-state index contributed by atoms with van der Waals surface area (Å²) in [6, 6.07) is 4.07. The first-order valence-corrected chi connectivity index (χ1v) is 9.87. The summed E-state index contributed by atoms with van der Waals surface area (Å²) in [5.41, 5.74) is 0.147. The van der Waals surface area contributed by atoms with E-state index in [1.165, 1.54) is 29.4 Å². The van der Waals surface area contributed by atoms with Crippen LogP contribution in [0, 0.1) is 10.1 Å². The minimum atomic E-state index is -3.51. The lowest BCUT2D eigenvalue weighted by atomic mass is 10.1. The van der Waals surface area contributed by atoms with Crippen LogP contribution in [0.25, 0.3) is 0 Å². The molecule has 2 rings (SSSR count). The van der Waals surface area contributed by atoms with Gasteiger partial charge in [0.1, 0.15) is 5.69 Å². The van der Waals surface area contributed by atoms with Gasteiger partial charge in [0.25, 0.3) is 5.69 Å². The van der Waals surface area contributed by atoms with Crippen LogP contribution in [0.2, 0.25) is 0 Å². The number of ketones is 1. The smallest absolute Gasteiger partial charge is 0.293 e. The molecule has 0 radical (unpaired) electrons. The minimum Gasteiger partial charge on any atom is -0.378 e. The number of carbonyl (C=O) groups is 1. The fourth-order valence-corrected chi connectivity index (χ4v) is 4.35. The van der Waals surface area contributed by atoms with Crippen LogP contribution in [-0.4, -0.2) is 61.0 Å². The van der Waals surface area contributed by atoms with Gasteiger partial charge in [-0.05, 0) is 32.9 Å². The summed E-state index contributed by atoms with van der Waals surface area (Å²) in [6.45, 7) is 5.55. The molecule has 2 atom stereocenters. The van der Waals surface area contributed by atoms with Crippen LogP contribution in [-0.2, 0) is 14.8 Å². The highest BCUT2D eigenvalue weighted by Crippen LogP contribution is 2.26. The number of morpholine rings is 1. The van der Waals surface area contributed by atoms with Gasteiger partial charge in [-0.25, -0.2) is 8.42 Å². The lowest BCUT2D eigenvalue weighted by Crippen LogP contribution is -2.49. The Balaban J connectivity index is 2.05. The monoisotopic (exact) mass is 385 g/mol. The van der Waals surface area contributed by atoms with Crippen molar-refractivity contribution in [2.45, 2.75) is 33.0 Å². The fourth-order valence-electron chi connectivity index (χ4n) is 2.85. The van der Waals surface area contributed by atoms with Gasteiger partial charge in [-0.1, -0.05) is 0 Å². The molecule has 0 spiro atoms. The predicted octanol–water partition coefficient (Wildman–Crippen LogP) is 1.65. The summed E-state index contributed by atoms with van der Waals surface area (Å²) in [5.74, 6) is -0.476. The zero-order valence-electron chi connectivity index (χ0n) is 15.0. The van der Waals surface area contributed by atoms with Crippen LogP contribution in [0.1, 0.15) is 31.1 Å². The maximum atomic E-state index is 12.5. The van der Waals surface area contributed by atoms with Gasteiger partial charge in [0.05, 0.1) is 22.9 Å². The van der Waals surface area contributed by atoms with Crippen molar-refractivity contribution in [2.24, 2.45) is 0 Å². The number of ether oxygens (including phenoxy) is 1. The molecular formula is C16H23N3O6S. The second kappa shape index (κ2) is 8.11. The number of nitro groups is 1. The van der Waals surface area contributed by atoms with E-state index in [2.05, 4.69) is 5.32 Å². The summed E-state index contributed by atoms with van der Waals surface area (Å²) >= 11 is 0. The van der Waals surface area contributed by atoms with Crippen molar-refractivity contribution in [1.29, 1.82) is 0 Å². The summed E-state index contributed by atoms with van der Waals surface area (Å²) in [4.78, 5) is 22.0. The van der Waals surface area contributed by atoms with E-state index >= 15 is 0 Å². The SMILES string of the molecule is CC(=O)c1ccc(NCCS(=O)(=O)N2CC(C)OC(C)C2)c([N+](=O)[O-])c1. The Bertz CT molecular complexity index is 785. The number of hydrogen-bond acceptors (Lipinski definition) is 7. The number of carbonyl (C=O) groups excluding carboxylic acids is 1.